The number of hydrogen-bond donors (Lipinski definition) is 4. The molecule has 0 aliphatic carbocycles. The van der Waals surface area contributed by atoms with Crippen LogP contribution in [0.2, 0.25) is 5.02 Å². The van der Waals surface area contributed by atoms with E-state index in [1.165, 1.54) is 35.2 Å². The second-order valence-electron chi connectivity index (χ2n) is 9.00. The van der Waals surface area contributed by atoms with E-state index in [0.717, 1.165) is 11.3 Å². The third-order valence-corrected chi connectivity index (χ3v) is 6.89. The Bertz CT molecular complexity index is 1510. The summed E-state index contributed by atoms with van der Waals surface area (Å²) >= 11 is 6.22. The van der Waals surface area contributed by atoms with Gasteiger partial charge in [0.25, 0.3) is 5.91 Å². The van der Waals surface area contributed by atoms with Gasteiger partial charge in [-0.05, 0) is 61.9 Å². The van der Waals surface area contributed by atoms with E-state index in [0.29, 0.717) is 40.6 Å². The van der Waals surface area contributed by atoms with Crippen molar-refractivity contribution in [3.8, 4) is 0 Å². The van der Waals surface area contributed by atoms with Gasteiger partial charge in [0, 0.05) is 47.2 Å². The van der Waals surface area contributed by atoms with Gasteiger partial charge in [-0.25, -0.2) is 15.3 Å². The van der Waals surface area contributed by atoms with Crippen LogP contribution in [0.3, 0.4) is 0 Å². The molecule has 2 aliphatic rings. The monoisotopic (exact) mass is 548 g/mol. The van der Waals surface area contributed by atoms with Gasteiger partial charge in [-0.3, -0.25) is 14.3 Å². The maximum Gasteiger partial charge on any atom is 0.335 e. The van der Waals surface area contributed by atoms with Gasteiger partial charge in [0.1, 0.15) is 6.34 Å². The van der Waals surface area contributed by atoms with Crippen LogP contribution in [0.15, 0.2) is 53.6 Å². The van der Waals surface area contributed by atoms with E-state index in [4.69, 9.17) is 16.7 Å². The van der Waals surface area contributed by atoms with Crippen molar-refractivity contribution < 1.29 is 19.5 Å². The van der Waals surface area contributed by atoms with Crippen molar-refractivity contribution in [2.45, 2.75) is 19.4 Å². The van der Waals surface area contributed by atoms with Crippen LogP contribution in [0.5, 0.6) is 0 Å². The fourth-order valence-electron chi connectivity index (χ4n) is 4.58. The third-order valence-electron chi connectivity index (χ3n) is 6.66. The molecule has 2 aromatic carbocycles. The molecule has 3 heterocycles. The number of hydrazine groups is 2. The number of aromatic carboxylic acids is 1. The molecule has 12 nitrogen and oxygen atoms in total. The lowest BCUT2D eigenvalue weighted by Gasteiger charge is -2.33. The smallest absolute Gasteiger partial charge is 0.335 e. The molecule has 4 N–H and O–H groups in total. The number of nitrogens with zero attached hydrogens (tertiary/aromatic N) is 5. The van der Waals surface area contributed by atoms with Crippen molar-refractivity contribution in [3.05, 3.63) is 81.6 Å². The highest BCUT2D eigenvalue weighted by Crippen LogP contribution is 2.33. The fourth-order valence-corrected chi connectivity index (χ4v) is 4.76. The van der Waals surface area contributed by atoms with Gasteiger partial charge in [-0.1, -0.05) is 11.6 Å². The fraction of sp³-hybridized carbons (Fsp3) is 0.192. The van der Waals surface area contributed by atoms with Crippen molar-refractivity contribution >= 4 is 53.2 Å². The lowest BCUT2D eigenvalue weighted by Crippen LogP contribution is -2.45. The predicted molar refractivity (Wildman–Crippen MR) is 146 cm³/mol. The molecule has 5 rings (SSSR count). The van der Waals surface area contributed by atoms with E-state index in [-0.39, 0.29) is 11.5 Å². The zero-order chi connectivity index (χ0) is 27.7. The topological polar surface area (TPSA) is 144 Å². The number of amides is 2. The maximum absolute atomic E-state index is 13.6. The highest BCUT2D eigenvalue weighted by Gasteiger charge is 2.38. The number of anilines is 2. The quantitative estimate of drug-likeness (QED) is 0.344. The highest BCUT2D eigenvalue weighted by atomic mass is 35.5. The summed E-state index contributed by atoms with van der Waals surface area (Å²) in [5.74, 6) is -1.90. The van der Waals surface area contributed by atoms with Crippen LogP contribution in [-0.4, -0.2) is 50.5 Å². The van der Waals surface area contributed by atoms with Crippen LogP contribution in [0.4, 0.5) is 11.4 Å². The van der Waals surface area contributed by atoms with Gasteiger partial charge in [0.15, 0.2) is 6.04 Å². The SMILES string of the molecule is Cc1c2c(nn1C)C(C(=O)Nc1ccc(C(=O)O)cc1)N(C(=O)/C=C/c1cc(Cl)ccc1N1C=NNN1)CC2. The average Bonchev–Trinajstić information content (AvgIpc) is 3.55. The average molecular weight is 549 g/mol. The first-order chi connectivity index (χ1) is 18.7. The van der Waals surface area contributed by atoms with E-state index in [2.05, 4.69) is 26.6 Å². The van der Waals surface area contributed by atoms with Gasteiger partial charge in [0.2, 0.25) is 5.91 Å². The van der Waals surface area contributed by atoms with Crippen LogP contribution in [-0.2, 0) is 23.1 Å². The zero-order valence-electron chi connectivity index (χ0n) is 21.1. The van der Waals surface area contributed by atoms with Crippen LogP contribution in [0.1, 0.15) is 38.9 Å². The molecule has 2 aliphatic heterocycles. The normalized spacial score (nSPS) is 16.3. The van der Waals surface area contributed by atoms with Gasteiger partial charge >= 0.3 is 5.97 Å². The first-order valence-electron chi connectivity index (χ1n) is 12.0. The molecule has 0 saturated carbocycles. The molecule has 200 valence electrons. The van der Waals surface area contributed by atoms with Crippen molar-refractivity contribution in [2.24, 2.45) is 12.1 Å². The minimum atomic E-state index is -1.07. The Kier molecular flexibility index (Phi) is 7.05. The van der Waals surface area contributed by atoms with E-state index in [1.54, 1.807) is 47.4 Å². The van der Waals surface area contributed by atoms with Crippen LogP contribution >= 0.6 is 11.6 Å². The minimum Gasteiger partial charge on any atom is -0.478 e. The van der Waals surface area contributed by atoms with E-state index >= 15 is 0 Å². The number of carboxylic acids is 1. The van der Waals surface area contributed by atoms with Gasteiger partial charge in [-0.15, -0.1) is 5.53 Å². The van der Waals surface area contributed by atoms with E-state index < -0.39 is 17.9 Å². The summed E-state index contributed by atoms with van der Waals surface area (Å²) in [6.07, 6.45) is 5.13. The number of aryl methyl sites for hydroxylation is 1. The second-order valence-corrected chi connectivity index (χ2v) is 9.44. The molecule has 0 fully saturated rings. The van der Waals surface area contributed by atoms with Crippen LogP contribution in [0, 0.1) is 6.92 Å². The molecule has 1 aromatic heterocycles. The van der Waals surface area contributed by atoms with Crippen LogP contribution < -0.4 is 21.4 Å². The summed E-state index contributed by atoms with van der Waals surface area (Å²) in [6.45, 7) is 2.24. The maximum atomic E-state index is 13.6. The van der Waals surface area contributed by atoms with Crippen molar-refractivity contribution in [2.75, 3.05) is 16.9 Å². The number of benzene rings is 2. The molecule has 0 spiro atoms. The summed E-state index contributed by atoms with van der Waals surface area (Å²) < 4.78 is 1.70. The number of rotatable bonds is 6. The Balaban J connectivity index is 1.44. The molecule has 1 atom stereocenters. The Morgan fingerprint density at radius 3 is 2.64 bits per heavy atom. The van der Waals surface area contributed by atoms with E-state index in [9.17, 15) is 14.4 Å². The van der Waals surface area contributed by atoms with Gasteiger partial charge < -0.3 is 15.3 Å². The second kappa shape index (κ2) is 10.6. The molecule has 0 bridgehead atoms. The summed E-state index contributed by atoms with van der Waals surface area (Å²) in [5, 5.41) is 22.6. The summed E-state index contributed by atoms with van der Waals surface area (Å²) in [6, 6.07) is 10.1. The molecular weight excluding hydrogens is 524 g/mol. The molecular formula is C26H25ClN8O4. The minimum absolute atomic E-state index is 0.0989. The first-order valence-corrected chi connectivity index (χ1v) is 12.4. The molecule has 1 unspecified atom stereocenters. The number of fused-ring (bicyclic) bond motifs is 1. The predicted octanol–water partition coefficient (Wildman–Crippen LogP) is 2.63. The van der Waals surface area contributed by atoms with Crippen LogP contribution in [0.25, 0.3) is 6.08 Å². The lowest BCUT2D eigenvalue weighted by molar-refractivity contribution is -0.135. The van der Waals surface area contributed by atoms with Gasteiger partial charge in [0.05, 0.1) is 16.9 Å². The standard InChI is InChI=1S/C26H25ClN8O4/c1-15-20-11-12-34(22(36)10-5-17-13-18(27)6-9-21(17)35-14-28-31-32-35)24(23(20)30-33(15)2)25(37)29-19-7-3-16(4-8-19)26(38)39/h3-10,13-14,24,31-32H,11-12H2,1-2H3,(H,29,37)(H,38,39)/b10-5+. The summed E-state index contributed by atoms with van der Waals surface area (Å²) in [7, 11) is 1.80. The summed E-state index contributed by atoms with van der Waals surface area (Å²) in [5.41, 5.74) is 9.70. The van der Waals surface area contributed by atoms with E-state index in [1.807, 2.05) is 6.92 Å². The zero-order valence-corrected chi connectivity index (χ0v) is 21.8. The largest absolute Gasteiger partial charge is 0.478 e. The molecule has 0 saturated heterocycles. The number of carbonyl (C=O) groups is 3. The lowest BCUT2D eigenvalue weighted by atomic mass is 9.96. The number of hydrazone groups is 1. The van der Waals surface area contributed by atoms with Gasteiger partial charge in [-0.2, -0.15) is 10.2 Å². The number of nitrogens with one attached hydrogen (secondary N) is 3. The van der Waals surface area contributed by atoms with Crippen molar-refractivity contribution in [3.63, 3.8) is 0 Å². The van der Waals surface area contributed by atoms with Crippen molar-refractivity contribution in [1.29, 1.82) is 0 Å². The molecule has 3 aromatic rings. The number of hydrogen-bond acceptors (Lipinski definition) is 8. The molecule has 2 amide bonds. The van der Waals surface area contributed by atoms with Crippen molar-refractivity contribution in [1.82, 2.24) is 25.7 Å². The first kappa shape index (κ1) is 25.9. The Labute approximate surface area is 228 Å². The Hall–Kier alpha value is -4.68. The number of aromatic nitrogens is 2. The Morgan fingerprint density at radius 2 is 1.95 bits per heavy atom. The molecule has 39 heavy (non-hydrogen) atoms. The molecule has 0 radical (unpaired) electrons. The highest BCUT2D eigenvalue weighted by molar-refractivity contribution is 6.30. The Morgan fingerprint density at radius 1 is 1.18 bits per heavy atom. The number of halogens is 1. The number of carbonyl (C=O) groups excluding carboxylic acids is 2. The third kappa shape index (κ3) is 5.19. The summed E-state index contributed by atoms with van der Waals surface area (Å²) in [4.78, 5) is 39.8. The molecule has 13 heteroatoms. The number of carboxylic acid groups (broad SMARTS) is 1.